The molecule has 2 atom stereocenters. The van der Waals surface area contributed by atoms with Gasteiger partial charge in [0.15, 0.2) is 0 Å². The van der Waals surface area contributed by atoms with E-state index in [4.69, 9.17) is 5.73 Å². The second-order valence-corrected chi connectivity index (χ2v) is 6.20. The number of nitrogens with zero attached hydrogens (tertiary/aromatic N) is 1. The molecule has 0 radical (unpaired) electrons. The van der Waals surface area contributed by atoms with Gasteiger partial charge in [-0.15, -0.1) is 0 Å². The lowest BCUT2D eigenvalue weighted by molar-refractivity contribution is -0.118. The molecule has 0 aliphatic carbocycles. The first kappa shape index (κ1) is 13.6. The maximum Gasteiger partial charge on any atom is 0.238 e. The van der Waals surface area contributed by atoms with Gasteiger partial charge in [-0.25, -0.2) is 0 Å². The van der Waals surface area contributed by atoms with Crippen molar-refractivity contribution < 1.29 is 4.79 Å². The second kappa shape index (κ2) is 5.54. The van der Waals surface area contributed by atoms with Gasteiger partial charge in [0.1, 0.15) is 0 Å². The Morgan fingerprint density at radius 3 is 2.45 bits per heavy atom. The van der Waals surface area contributed by atoms with Gasteiger partial charge in [-0.2, -0.15) is 0 Å². The molecule has 3 rings (SSSR count). The fourth-order valence-corrected chi connectivity index (χ4v) is 3.58. The van der Waals surface area contributed by atoms with Crippen LogP contribution in [0.25, 0.3) is 0 Å². The zero-order valence-electron chi connectivity index (χ0n) is 12.0. The van der Waals surface area contributed by atoms with E-state index in [2.05, 4.69) is 10.2 Å². The molecule has 2 aliphatic rings. The Morgan fingerprint density at radius 2 is 1.85 bits per heavy atom. The van der Waals surface area contributed by atoms with Crippen LogP contribution in [0.5, 0.6) is 0 Å². The molecule has 4 nitrogen and oxygen atoms in total. The van der Waals surface area contributed by atoms with Crippen molar-refractivity contribution in [3.05, 3.63) is 29.8 Å². The van der Waals surface area contributed by atoms with Gasteiger partial charge >= 0.3 is 0 Å². The summed E-state index contributed by atoms with van der Waals surface area (Å²) < 4.78 is 0. The van der Waals surface area contributed by atoms with Crippen molar-refractivity contribution in [2.75, 3.05) is 11.9 Å². The number of rotatable bonds is 3. The molecule has 2 unspecified atom stereocenters. The molecule has 1 amide bonds. The molecule has 0 aromatic heterocycles. The summed E-state index contributed by atoms with van der Waals surface area (Å²) in [4.78, 5) is 14.5. The minimum absolute atomic E-state index is 0.0845. The van der Waals surface area contributed by atoms with Crippen molar-refractivity contribution in [3.8, 4) is 0 Å². The molecule has 4 heteroatoms. The normalized spacial score (nSPS) is 29.4. The number of nitrogens with one attached hydrogen (secondary N) is 1. The van der Waals surface area contributed by atoms with Crippen LogP contribution in [0.15, 0.2) is 24.3 Å². The third-order valence-electron chi connectivity index (χ3n) is 4.58. The van der Waals surface area contributed by atoms with Crippen molar-refractivity contribution in [1.29, 1.82) is 0 Å². The minimum atomic E-state index is 0.0845. The van der Waals surface area contributed by atoms with E-state index in [1.54, 1.807) is 0 Å². The highest BCUT2D eigenvalue weighted by Crippen LogP contribution is 2.34. The fraction of sp³-hybridized carbons (Fsp3) is 0.562. The highest BCUT2D eigenvalue weighted by molar-refractivity contribution is 5.92. The van der Waals surface area contributed by atoms with E-state index in [1.807, 2.05) is 31.2 Å². The van der Waals surface area contributed by atoms with Crippen molar-refractivity contribution in [2.45, 2.75) is 50.7 Å². The van der Waals surface area contributed by atoms with Crippen molar-refractivity contribution in [1.82, 2.24) is 4.90 Å². The van der Waals surface area contributed by atoms with E-state index in [0.717, 1.165) is 18.5 Å². The van der Waals surface area contributed by atoms with Crippen LogP contribution in [0.1, 0.15) is 31.2 Å². The Bertz CT molecular complexity index is 471. The Morgan fingerprint density at radius 1 is 1.25 bits per heavy atom. The van der Waals surface area contributed by atoms with Crippen LogP contribution in [0, 0.1) is 6.92 Å². The number of fused-ring (bicyclic) bond motifs is 2. The van der Waals surface area contributed by atoms with Crippen molar-refractivity contribution in [3.63, 3.8) is 0 Å². The smallest absolute Gasteiger partial charge is 0.238 e. The summed E-state index contributed by atoms with van der Waals surface area (Å²) in [5.74, 6) is 0.0845. The summed E-state index contributed by atoms with van der Waals surface area (Å²) in [6, 6.07) is 9.27. The summed E-state index contributed by atoms with van der Waals surface area (Å²) in [5, 5.41) is 2.98. The Kier molecular flexibility index (Phi) is 3.76. The predicted molar refractivity (Wildman–Crippen MR) is 80.5 cm³/mol. The topological polar surface area (TPSA) is 58.4 Å². The number of anilines is 1. The summed E-state index contributed by atoms with van der Waals surface area (Å²) in [5.41, 5.74) is 8.14. The molecule has 0 saturated carbocycles. The first-order valence-corrected chi connectivity index (χ1v) is 7.49. The van der Waals surface area contributed by atoms with E-state index < -0.39 is 0 Å². The second-order valence-electron chi connectivity index (χ2n) is 6.20. The minimum Gasteiger partial charge on any atom is -0.328 e. The molecular formula is C16H23N3O. The Balaban J connectivity index is 1.58. The molecule has 1 aromatic rings. The van der Waals surface area contributed by atoms with Crippen molar-refractivity contribution in [2.24, 2.45) is 5.73 Å². The molecule has 20 heavy (non-hydrogen) atoms. The zero-order chi connectivity index (χ0) is 14.1. The van der Waals surface area contributed by atoms with Crippen LogP contribution in [0.3, 0.4) is 0 Å². The number of piperidine rings is 1. The van der Waals surface area contributed by atoms with E-state index in [9.17, 15) is 4.79 Å². The monoisotopic (exact) mass is 273 g/mol. The summed E-state index contributed by atoms with van der Waals surface area (Å²) in [6.45, 7) is 2.54. The average molecular weight is 273 g/mol. The molecule has 2 fully saturated rings. The number of benzene rings is 1. The van der Waals surface area contributed by atoms with Gasteiger partial charge < -0.3 is 11.1 Å². The van der Waals surface area contributed by atoms with Gasteiger partial charge in [-0.05, 0) is 44.7 Å². The molecule has 2 aliphatic heterocycles. The lowest BCUT2D eigenvalue weighted by Crippen LogP contribution is -2.49. The van der Waals surface area contributed by atoms with Crippen LogP contribution in [-0.2, 0) is 4.79 Å². The number of aryl methyl sites for hydroxylation is 1. The van der Waals surface area contributed by atoms with Gasteiger partial charge in [0.2, 0.25) is 5.91 Å². The standard InChI is InChI=1S/C16H23N3O/c1-11-2-4-13(5-3-11)18-16(20)10-19-14-6-7-15(19)9-12(17)8-14/h2-5,12,14-15H,6-10,17H2,1H3,(H,18,20). The maximum absolute atomic E-state index is 12.2. The first-order chi connectivity index (χ1) is 9.61. The predicted octanol–water partition coefficient (Wildman–Crippen LogP) is 1.89. The first-order valence-electron chi connectivity index (χ1n) is 7.49. The van der Waals surface area contributed by atoms with Gasteiger partial charge in [-0.1, -0.05) is 17.7 Å². The molecule has 1 aromatic carbocycles. The van der Waals surface area contributed by atoms with Gasteiger partial charge in [0, 0.05) is 23.8 Å². The lowest BCUT2D eigenvalue weighted by Gasteiger charge is -2.37. The van der Waals surface area contributed by atoms with E-state index >= 15 is 0 Å². The molecule has 108 valence electrons. The SMILES string of the molecule is Cc1ccc(NC(=O)CN2C3CCC2CC(N)C3)cc1. The molecular weight excluding hydrogens is 250 g/mol. The zero-order valence-corrected chi connectivity index (χ0v) is 12.0. The van der Waals surface area contributed by atoms with Gasteiger partial charge in [-0.3, -0.25) is 9.69 Å². The van der Waals surface area contributed by atoms with Crippen LogP contribution >= 0.6 is 0 Å². The fourth-order valence-electron chi connectivity index (χ4n) is 3.58. The third-order valence-corrected chi connectivity index (χ3v) is 4.58. The Hall–Kier alpha value is -1.39. The Labute approximate surface area is 120 Å². The molecule has 3 N–H and O–H groups in total. The van der Waals surface area contributed by atoms with E-state index in [0.29, 0.717) is 24.7 Å². The quantitative estimate of drug-likeness (QED) is 0.884. The van der Waals surface area contributed by atoms with Gasteiger partial charge in [0.05, 0.1) is 6.54 Å². The largest absolute Gasteiger partial charge is 0.328 e. The maximum atomic E-state index is 12.2. The molecule has 2 bridgehead atoms. The van der Waals surface area contributed by atoms with Crippen LogP contribution < -0.4 is 11.1 Å². The number of hydrogen-bond acceptors (Lipinski definition) is 3. The molecule has 2 heterocycles. The number of amides is 1. The average Bonchev–Trinajstić information content (AvgIpc) is 2.65. The third kappa shape index (κ3) is 2.86. The van der Waals surface area contributed by atoms with Gasteiger partial charge in [0.25, 0.3) is 0 Å². The van der Waals surface area contributed by atoms with Crippen molar-refractivity contribution >= 4 is 11.6 Å². The summed E-state index contributed by atoms with van der Waals surface area (Å²) >= 11 is 0. The van der Waals surface area contributed by atoms with E-state index in [-0.39, 0.29) is 5.91 Å². The summed E-state index contributed by atoms with van der Waals surface area (Å²) in [7, 11) is 0. The number of nitrogens with two attached hydrogens (primary N) is 1. The van der Waals surface area contributed by atoms with Crippen LogP contribution in [0.4, 0.5) is 5.69 Å². The molecule has 0 spiro atoms. The lowest BCUT2D eigenvalue weighted by atomic mass is 9.98. The molecule has 2 saturated heterocycles. The number of hydrogen-bond donors (Lipinski definition) is 2. The number of carbonyl (C=O) groups excluding carboxylic acids is 1. The number of carbonyl (C=O) groups is 1. The highest BCUT2D eigenvalue weighted by atomic mass is 16.2. The summed E-state index contributed by atoms with van der Waals surface area (Å²) in [6.07, 6.45) is 4.45. The van der Waals surface area contributed by atoms with Crippen LogP contribution in [0.2, 0.25) is 0 Å². The highest BCUT2D eigenvalue weighted by Gasteiger charge is 2.40. The van der Waals surface area contributed by atoms with Crippen LogP contribution in [-0.4, -0.2) is 35.5 Å². The van der Waals surface area contributed by atoms with E-state index in [1.165, 1.54) is 18.4 Å².